The van der Waals surface area contributed by atoms with Gasteiger partial charge in [0.1, 0.15) is 0 Å². The Bertz CT molecular complexity index is 796. The molecule has 156 valence electrons. The summed E-state index contributed by atoms with van der Waals surface area (Å²) in [5.41, 5.74) is 2.53. The second-order valence-corrected chi connectivity index (χ2v) is 9.45. The molecule has 1 N–H and O–H groups in total. The third kappa shape index (κ3) is 5.27. The van der Waals surface area contributed by atoms with Crippen LogP contribution in [0.15, 0.2) is 41.8 Å². The molecule has 2 aromatic rings. The van der Waals surface area contributed by atoms with Crippen LogP contribution >= 0.6 is 11.3 Å². The molecule has 2 fully saturated rings. The van der Waals surface area contributed by atoms with E-state index in [9.17, 15) is 4.79 Å². The maximum Gasteiger partial charge on any atom is 0.261 e. The number of amides is 1. The minimum Gasteiger partial charge on any atom is -0.370 e. The predicted molar refractivity (Wildman–Crippen MR) is 119 cm³/mol. The molecule has 0 saturated carbocycles. The molecule has 4 nitrogen and oxygen atoms in total. The summed E-state index contributed by atoms with van der Waals surface area (Å²) in [6.45, 7) is 6.04. The third-order valence-corrected chi connectivity index (χ3v) is 7.46. The van der Waals surface area contributed by atoms with Crippen LogP contribution in [-0.2, 0) is 11.2 Å². The van der Waals surface area contributed by atoms with Gasteiger partial charge in [0.15, 0.2) is 0 Å². The van der Waals surface area contributed by atoms with Crippen LogP contribution in [0.4, 0.5) is 0 Å². The van der Waals surface area contributed by atoms with Crippen molar-refractivity contribution in [2.24, 2.45) is 0 Å². The zero-order valence-electron chi connectivity index (χ0n) is 17.4. The number of hydrogen-bond donors (Lipinski definition) is 1. The normalized spacial score (nSPS) is 21.5. The number of thiophene rings is 1. The SMILES string of the molecule is Cc1ccsc1C(=O)NCC1CCC2(CCN(CCCc3ccccc3)CC2)O1. The summed E-state index contributed by atoms with van der Waals surface area (Å²) in [6.07, 6.45) is 6.95. The minimum absolute atomic E-state index is 0.0373. The molecule has 0 radical (unpaired) electrons. The highest BCUT2D eigenvalue weighted by Crippen LogP contribution is 2.38. The Labute approximate surface area is 178 Å². The molecule has 2 aliphatic rings. The summed E-state index contributed by atoms with van der Waals surface area (Å²) in [4.78, 5) is 15.7. The lowest BCUT2D eigenvalue weighted by molar-refractivity contribution is -0.0754. The van der Waals surface area contributed by atoms with Crippen molar-refractivity contribution < 1.29 is 9.53 Å². The summed E-state index contributed by atoms with van der Waals surface area (Å²) >= 11 is 1.51. The molecule has 1 aromatic carbocycles. The average molecular weight is 413 g/mol. The maximum absolute atomic E-state index is 12.3. The van der Waals surface area contributed by atoms with Crippen molar-refractivity contribution in [1.29, 1.82) is 0 Å². The molecule has 1 atom stereocenters. The Morgan fingerprint density at radius 1 is 1.21 bits per heavy atom. The fourth-order valence-corrected chi connectivity index (χ4v) is 5.48. The molecular weight excluding hydrogens is 380 g/mol. The standard InChI is InChI=1S/C24H32N2O2S/c1-19-10-17-29-22(19)23(27)25-18-21-9-11-24(28-21)12-15-26(16-13-24)14-5-8-20-6-3-2-4-7-20/h2-4,6-7,10,17,21H,5,8-9,11-16,18H2,1H3,(H,25,27). The summed E-state index contributed by atoms with van der Waals surface area (Å²) in [5.74, 6) is 0.0373. The Balaban J connectivity index is 1.17. The molecule has 29 heavy (non-hydrogen) atoms. The number of benzene rings is 1. The van der Waals surface area contributed by atoms with E-state index in [1.165, 1.54) is 29.9 Å². The van der Waals surface area contributed by atoms with E-state index in [0.29, 0.717) is 6.54 Å². The molecule has 2 aliphatic heterocycles. The van der Waals surface area contributed by atoms with Crippen molar-refractivity contribution >= 4 is 17.2 Å². The molecule has 0 aliphatic carbocycles. The van der Waals surface area contributed by atoms with Crippen LogP contribution in [0.25, 0.3) is 0 Å². The van der Waals surface area contributed by atoms with E-state index in [4.69, 9.17) is 4.74 Å². The lowest BCUT2D eigenvalue weighted by Crippen LogP contribution is -2.45. The molecule has 4 rings (SSSR count). The fraction of sp³-hybridized carbons (Fsp3) is 0.542. The minimum atomic E-state index is 0.0373. The number of rotatable bonds is 7. The second-order valence-electron chi connectivity index (χ2n) is 8.54. The number of carbonyl (C=O) groups excluding carboxylic acids is 1. The Hall–Kier alpha value is -1.69. The number of ether oxygens (including phenoxy) is 1. The van der Waals surface area contributed by atoms with Crippen molar-refractivity contribution in [2.45, 2.75) is 57.2 Å². The Kier molecular flexibility index (Phi) is 6.68. The second kappa shape index (κ2) is 9.41. The predicted octanol–water partition coefficient (Wildman–Crippen LogP) is 4.43. The zero-order chi connectivity index (χ0) is 20.1. The van der Waals surface area contributed by atoms with Crippen molar-refractivity contribution in [3.8, 4) is 0 Å². The van der Waals surface area contributed by atoms with Crippen LogP contribution in [0.3, 0.4) is 0 Å². The van der Waals surface area contributed by atoms with Crippen molar-refractivity contribution in [3.05, 3.63) is 57.8 Å². The first kappa shape index (κ1) is 20.6. The summed E-state index contributed by atoms with van der Waals surface area (Å²) < 4.78 is 6.47. The van der Waals surface area contributed by atoms with Crippen molar-refractivity contribution in [2.75, 3.05) is 26.2 Å². The monoisotopic (exact) mass is 412 g/mol. The molecule has 5 heteroatoms. The van der Waals surface area contributed by atoms with E-state index in [2.05, 4.69) is 40.5 Å². The number of aryl methyl sites for hydroxylation is 2. The van der Waals surface area contributed by atoms with Gasteiger partial charge in [0.25, 0.3) is 5.91 Å². The van der Waals surface area contributed by atoms with E-state index >= 15 is 0 Å². The number of nitrogens with one attached hydrogen (secondary N) is 1. The maximum atomic E-state index is 12.3. The first-order valence-electron chi connectivity index (χ1n) is 10.9. The van der Waals surface area contributed by atoms with Crippen LogP contribution in [0, 0.1) is 6.92 Å². The lowest BCUT2D eigenvalue weighted by atomic mass is 9.88. The highest BCUT2D eigenvalue weighted by molar-refractivity contribution is 7.12. The van der Waals surface area contributed by atoms with E-state index in [1.807, 2.05) is 18.4 Å². The first-order chi connectivity index (χ1) is 14.1. The van der Waals surface area contributed by atoms with Crippen molar-refractivity contribution in [1.82, 2.24) is 10.2 Å². The average Bonchev–Trinajstić information content (AvgIpc) is 3.35. The van der Waals surface area contributed by atoms with Gasteiger partial charge in [-0.2, -0.15) is 0 Å². The Morgan fingerprint density at radius 2 is 2.00 bits per heavy atom. The van der Waals surface area contributed by atoms with Gasteiger partial charge in [-0.3, -0.25) is 4.79 Å². The number of nitrogens with zero attached hydrogens (tertiary/aromatic N) is 1. The van der Waals surface area contributed by atoms with Crippen LogP contribution in [0.5, 0.6) is 0 Å². The lowest BCUT2D eigenvalue weighted by Gasteiger charge is -2.39. The van der Waals surface area contributed by atoms with Gasteiger partial charge in [-0.1, -0.05) is 30.3 Å². The number of piperidine rings is 1. The summed E-state index contributed by atoms with van der Waals surface area (Å²) in [6, 6.07) is 12.8. The topological polar surface area (TPSA) is 41.6 Å². The van der Waals surface area contributed by atoms with Gasteiger partial charge in [0.05, 0.1) is 16.6 Å². The van der Waals surface area contributed by atoms with E-state index in [0.717, 1.165) is 55.6 Å². The van der Waals surface area contributed by atoms with Gasteiger partial charge in [-0.05, 0) is 74.6 Å². The van der Waals surface area contributed by atoms with E-state index < -0.39 is 0 Å². The van der Waals surface area contributed by atoms with Crippen molar-refractivity contribution in [3.63, 3.8) is 0 Å². The fourth-order valence-electron chi connectivity index (χ4n) is 4.63. The van der Waals surface area contributed by atoms with Crippen LogP contribution < -0.4 is 5.32 Å². The number of likely N-dealkylation sites (tertiary alicyclic amines) is 1. The molecule has 2 saturated heterocycles. The highest BCUT2D eigenvalue weighted by Gasteiger charge is 2.42. The molecule has 1 aromatic heterocycles. The zero-order valence-corrected chi connectivity index (χ0v) is 18.2. The first-order valence-corrected chi connectivity index (χ1v) is 11.8. The van der Waals surface area contributed by atoms with Gasteiger partial charge < -0.3 is 15.0 Å². The molecule has 0 bridgehead atoms. The summed E-state index contributed by atoms with van der Waals surface area (Å²) in [7, 11) is 0. The quantitative estimate of drug-likeness (QED) is 0.731. The van der Waals surface area contributed by atoms with Gasteiger partial charge in [-0.15, -0.1) is 11.3 Å². The van der Waals surface area contributed by atoms with Gasteiger partial charge >= 0.3 is 0 Å². The number of hydrogen-bond acceptors (Lipinski definition) is 4. The largest absolute Gasteiger partial charge is 0.370 e. The smallest absolute Gasteiger partial charge is 0.261 e. The van der Waals surface area contributed by atoms with Crippen LogP contribution in [-0.4, -0.2) is 48.7 Å². The molecule has 3 heterocycles. The van der Waals surface area contributed by atoms with E-state index in [1.54, 1.807) is 0 Å². The van der Waals surface area contributed by atoms with Crippen LogP contribution in [0.1, 0.15) is 52.9 Å². The molecule has 1 amide bonds. The van der Waals surface area contributed by atoms with Gasteiger partial charge in [0, 0.05) is 19.6 Å². The molecular formula is C24H32N2O2S. The highest BCUT2D eigenvalue weighted by atomic mass is 32.1. The third-order valence-electron chi connectivity index (χ3n) is 6.45. The Morgan fingerprint density at radius 3 is 2.72 bits per heavy atom. The number of carbonyl (C=O) groups is 1. The van der Waals surface area contributed by atoms with Crippen LogP contribution in [0.2, 0.25) is 0 Å². The van der Waals surface area contributed by atoms with Gasteiger partial charge in [0.2, 0.25) is 0 Å². The summed E-state index contributed by atoms with van der Waals surface area (Å²) in [5, 5.41) is 5.05. The van der Waals surface area contributed by atoms with Gasteiger partial charge in [-0.25, -0.2) is 0 Å². The molecule has 1 spiro atoms. The molecule has 1 unspecified atom stereocenters. The van der Waals surface area contributed by atoms with E-state index in [-0.39, 0.29) is 17.6 Å².